The lowest BCUT2D eigenvalue weighted by atomic mass is 10.0. The van der Waals surface area contributed by atoms with E-state index in [4.69, 9.17) is 0 Å². The molecule has 0 saturated carbocycles. The summed E-state index contributed by atoms with van der Waals surface area (Å²) in [6.45, 7) is 4.67. The Labute approximate surface area is 189 Å². The Morgan fingerprint density at radius 3 is 2.56 bits per heavy atom. The Kier molecular flexibility index (Phi) is 6.83. The summed E-state index contributed by atoms with van der Waals surface area (Å²) in [5.41, 5.74) is 5.74. The van der Waals surface area contributed by atoms with Gasteiger partial charge in [-0.2, -0.15) is 0 Å². The molecule has 4 aromatic rings. The van der Waals surface area contributed by atoms with Gasteiger partial charge in [0.05, 0.1) is 0 Å². The second-order valence-corrected chi connectivity index (χ2v) is 7.52. The van der Waals surface area contributed by atoms with Gasteiger partial charge in [-0.1, -0.05) is 48.6 Å². The molecule has 4 heteroatoms. The molecule has 0 amide bonds. The summed E-state index contributed by atoms with van der Waals surface area (Å²) in [6, 6.07) is 21.2. The van der Waals surface area contributed by atoms with Crippen molar-refractivity contribution in [3.8, 4) is 11.1 Å². The molecule has 2 aromatic carbocycles. The SMILES string of the molecule is C\C=C/N=C\C=C\c1ccc2c(NCc3ccc(-c4ccnc(C)c4)cc3)nccc2c1. The van der Waals surface area contributed by atoms with Crippen LogP contribution in [0.2, 0.25) is 0 Å². The maximum absolute atomic E-state index is 4.56. The lowest BCUT2D eigenvalue weighted by molar-refractivity contribution is 1.12. The maximum Gasteiger partial charge on any atom is 0.134 e. The smallest absolute Gasteiger partial charge is 0.134 e. The predicted molar refractivity (Wildman–Crippen MR) is 136 cm³/mol. The highest BCUT2D eigenvalue weighted by atomic mass is 15.0. The largest absolute Gasteiger partial charge is 0.365 e. The van der Waals surface area contributed by atoms with Crippen LogP contribution in [0.3, 0.4) is 0 Å². The average Bonchev–Trinajstić information content (AvgIpc) is 2.83. The van der Waals surface area contributed by atoms with Gasteiger partial charge in [0.15, 0.2) is 0 Å². The number of rotatable bonds is 7. The van der Waals surface area contributed by atoms with Crippen LogP contribution in [-0.2, 0) is 6.54 Å². The molecule has 1 N–H and O–H groups in total. The second-order valence-electron chi connectivity index (χ2n) is 7.52. The molecule has 32 heavy (non-hydrogen) atoms. The van der Waals surface area contributed by atoms with Gasteiger partial charge >= 0.3 is 0 Å². The van der Waals surface area contributed by atoms with Gasteiger partial charge in [0.2, 0.25) is 0 Å². The number of aromatic nitrogens is 2. The minimum Gasteiger partial charge on any atom is -0.365 e. The van der Waals surface area contributed by atoms with Crippen molar-refractivity contribution in [1.29, 1.82) is 0 Å². The third-order valence-corrected chi connectivity index (χ3v) is 5.13. The lowest BCUT2D eigenvalue weighted by Gasteiger charge is -2.10. The Bertz CT molecular complexity index is 1280. The molecule has 2 aromatic heterocycles. The summed E-state index contributed by atoms with van der Waals surface area (Å²) in [6.07, 6.45) is 13.1. The number of benzene rings is 2. The van der Waals surface area contributed by atoms with Crippen LogP contribution < -0.4 is 5.32 Å². The van der Waals surface area contributed by atoms with Crippen LogP contribution >= 0.6 is 0 Å². The van der Waals surface area contributed by atoms with E-state index in [1.807, 2.05) is 56.6 Å². The summed E-state index contributed by atoms with van der Waals surface area (Å²) in [4.78, 5) is 13.0. The predicted octanol–water partition coefficient (Wildman–Crippen LogP) is 6.83. The van der Waals surface area contributed by atoms with Crippen LogP contribution in [0.5, 0.6) is 0 Å². The Morgan fingerprint density at radius 2 is 1.75 bits per heavy atom. The number of aliphatic imine (C=N–C) groups is 1. The zero-order valence-corrected chi connectivity index (χ0v) is 18.4. The van der Waals surface area contributed by atoms with Crippen molar-refractivity contribution >= 4 is 28.9 Å². The first kappa shape index (κ1) is 21.2. The molecule has 0 bridgehead atoms. The summed E-state index contributed by atoms with van der Waals surface area (Å²) in [5, 5.41) is 5.75. The zero-order valence-electron chi connectivity index (χ0n) is 18.4. The van der Waals surface area contributed by atoms with Crippen molar-refractivity contribution in [1.82, 2.24) is 9.97 Å². The Hall–Kier alpha value is -4.05. The highest BCUT2D eigenvalue weighted by Gasteiger charge is 2.04. The minimum absolute atomic E-state index is 0.713. The highest BCUT2D eigenvalue weighted by Crippen LogP contribution is 2.24. The number of nitrogens with one attached hydrogen (secondary N) is 1. The molecule has 0 spiro atoms. The van der Waals surface area contributed by atoms with E-state index >= 15 is 0 Å². The van der Waals surface area contributed by atoms with Crippen molar-refractivity contribution in [3.05, 3.63) is 108 Å². The molecule has 0 aliphatic carbocycles. The number of anilines is 1. The number of allylic oxidation sites excluding steroid dienone is 2. The van der Waals surface area contributed by atoms with Crippen LogP contribution in [0.4, 0.5) is 5.82 Å². The molecular formula is C28H26N4. The van der Waals surface area contributed by atoms with Gasteiger partial charge < -0.3 is 5.32 Å². The molecule has 0 radical (unpaired) electrons. The van der Waals surface area contributed by atoms with E-state index in [0.29, 0.717) is 6.54 Å². The quantitative estimate of drug-likeness (QED) is 0.334. The van der Waals surface area contributed by atoms with E-state index in [-0.39, 0.29) is 0 Å². The van der Waals surface area contributed by atoms with Gasteiger partial charge in [-0.3, -0.25) is 9.98 Å². The van der Waals surface area contributed by atoms with Gasteiger partial charge in [0.25, 0.3) is 0 Å². The van der Waals surface area contributed by atoms with Gasteiger partial charge in [0.1, 0.15) is 5.82 Å². The van der Waals surface area contributed by atoms with Crippen LogP contribution in [0.1, 0.15) is 23.7 Å². The van der Waals surface area contributed by atoms with E-state index in [0.717, 1.165) is 27.8 Å². The summed E-state index contributed by atoms with van der Waals surface area (Å²) in [7, 11) is 0. The van der Waals surface area contributed by atoms with E-state index in [9.17, 15) is 0 Å². The summed E-state index contributed by atoms with van der Waals surface area (Å²) < 4.78 is 0. The van der Waals surface area contributed by atoms with Crippen molar-refractivity contribution < 1.29 is 0 Å². The number of hydrogen-bond acceptors (Lipinski definition) is 4. The first-order chi connectivity index (χ1) is 15.7. The third-order valence-electron chi connectivity index (χ3n) is 5.13. The van der Waals surface area contributed by atoms with Gasteiger partial charge in [0, 0.05) is 42.4 Å². The lowest BCUT2D eigenvalue weighted by Crippen LogP contribution is -2.02. The first-order valence-corrected chi connectivity index (χ1v) is 10.7. The van der Waals surface area contributed by atoms with Crippen molar-refractivity contribution in [3.63, 3.8) is 0 Å². The fraction of sp³-hybridized carbons (Fsp3) is 0.107. The highest BCUT2D eigenvalue weighted by molar-refractivity contribution is 5.93. The molecule has 0 unspecified atom stereocenters. The monoisotopic (exact) mass is 418 g/mol. The first-order valence-electron chi connectivity index (χ1n) is 10.7. The fourth-order valence-corrected chi connectivity index (χ4v) is 3.51. The maximum atomic E-state index is 4.56. The van der Waals surface area contributed by atoms with Gasteiger partial charge in [-0.15, -0.1) is 0 Å². The molecule has 4 rings (SSSR count). The van der Waals surface area contributed by atoms with Crippen LogP contribution in [0.15, 0.2) is 96.4 Å². The van der Waals surface area contributed by atoms with E-state index in [1.54, 1.807) is 12.4 Å². The van der Waals surface area contributed by atoms with Gasteiger partial charge in [-0.05, 0) is 71.8 Å². The zero-order chi connectivity index (χ0) is 22.2. The number of aryl methyl sites for hydroxylation is 1. The number of pyridine rings is 2. The molecule has 0 atom stereocenters. The Balaban J connectivity index is 1.46. The molecule has 158 valence electrons. The Morgan fingerprint density at radius 1 is 0.906 bits per heavy atom. The molecule has 0 fully saturated rings. The molecular weight excluding hydrogens is 392 g/mol. The average molecular weight is 419 g/mol. The molecule has 0 aliphatic rings. The summed E-state index contributed by atoms with van der Waals surface area (Å²) in [5.74, 6) is 0.890. The van der Waals surface area contributed by atoms with Crippen LogP contribution in [-0.4, -0.2) is 16.2 Å². The van der Waals surface area contributed by atoms with Crippen molar-refractivity contribution in [2.75, 3.05) is 5.32 Å². The normalized spacial score (nSPS) is 11.8. The van der Waals surface area contributed by atoms with Crippen molar-refractivity contribution in [2.45, 2.75) is 20.4 Å². The number of hydrogen-bond donors (Lipinski definition) is 1. The van der Waals surface area contributed by atoms with Crippen molar-refractivity contribution in [2.24, 2.45) is 4.99 Å². The number of nitrogens with zero attached hydrogens (tertiary/aromatic N) is 3. The molecule has 4 nitrogen and oxygen atoms in total. The summed E-state index contributed by atoms with van der Waals surface area (Å²) >= 11 is 0. The van der Waals surface area contributed by atoms with E-state index in [1.165, 1.54) is 16.7 Å². The van der Waals surface area contributed by atoms with Gasteiger partial charge in [-0.25, -0.2) is 4.98 Å². The van der Waals surface area contributed by atoms with Crippen LogP contribution in [0.25, 0.3) is 28.0 Å². The fourth-order valence-electron chi connectivity index (χ4n) is 3.51. The standard InChI is InChI=1S/C28H26N4/c1-3-14-29-15-4-5-22-8-11-27-26(19-22)13-17-31-28(27)32-20-23-6-9-24(10-7-23)25-12-16-30-21(2)18-25/h3-19H,20H2,1-2H3,(H,31,32)/b5-4+,14-3-,29-15-. The number of fused-ring (bicyclic) bond motifs is 1. The molecule has 0 saturated heterocycles. The van der Waals surface area contributed by atoms with E-state index in [2.05, 4.69) is 68.8 Å². The van der Waals surface area contributed by atoms with E-state index < -0.39 is 0 Å². The minimum atomic E-state index is 0.713. The molecule has 2 heterocycles. The second kappa shape index (κ2) is 10.3. The molecule has 0 aliphatic heterocycles. The third kappa shape index (κ3) is 5.35. The topological polar surface area (TPSA) is 50.2 Å². The van der Waals surface area contributed by atoms with Crippen LogP contribution in [0, 0.1) is 6.92 Å².